The largest absolute Gasteiger partial charge is 0.330 e. The minimum Gasteiger partial charge on any atom is -0.330 e. The monoisotopic (exact) mass is 241 g/mol. The number of unbranched alkanes of at least 4 members (excludes halogenated alkanes) is 2. The summed E-state index contributed by atoms with van der Waals surface area (Å²) in [6.45, 7) is 5.31. The van der Waals surface area contributed by atoms with Crippen LogP contribution in [0.2, 0.25) is 0 Å². The second-order valence-electron chi connectivity index (χ2n) is 4.50. The number of hydrogen-bond donors (Lipinski definition) is 1. The molecular weight excluding hydrogens is 218 g/mol. The molecule has 92 valence electrons. The summed E-state index contributed by atoms with van der Waals surface area (Å²) >= 11 is 0. The molecule has 1 rings (SSSR count). The lowest BCUT2D eigenvalue weighted by Crippen LogP contribution is -1.98. The molecule has 0 heterocycles. The number of hydrogen-bond acceptors (Lipinski definition) is 1. The zero-order chi connectivity index (χ0) is 11.1. The molecule has 2 heteroatoms. The van der Waals surface area contributed by atoms with E-state index in [0.717, 1.165) is 13.0 Å². The predicted octanol–water partition coefficient (Wildman–Crippen LogP) is 3.90. The van der Waals surface area contributed by atoms with Crippen molar-refractivity contribution >= 4 is 12.4 Å². The Morgan fingerprint density at radius 3 is 2.50 bits per heavy atom. The van der Waals surface area contributed by atoms with Crippen LogP contribution in [0.4, 0.5) is 0 Å². The molecule has 0 fully saturated rings. The molecule has 16 heavy (non-hydrogen) atoms. The molecule has 0 radical (unpaired) electrons. The summed E-state index contributed by atoms with van der Waals surface area (Å²) in [6, 6.07) is 8.96. The first kappa shape index (κ1) is 15.5. The van der Waals surface area contributed by atoms with Crippen LogP contribution in [0.15, 0.2) is 24.3 Å². The summed E-state index contributed by atoms with van der Waals surface area (Å²) < 4.78 is 0. The molecule has 0 unspecified atom stereocenters. The van der Waals surface area contributed by atoms with Gasteiger partial charge in [0.15, 0.2) is 0 Å². The summed E-state index contributed by atoms with van der Waals surface area (Å²) in [5.74, 6) is 0.633. The lowest BCUT2D eigenvalue weighted by atomic mass is 9.98. The third kappa shape index (κ3) is 5.53. The third-order valence-corrected chi connectivity index (χ3v) is 2.79. The molecule has 0 saturated carbocycles. The average Bonchev–Trinajstić information content (AvgIpc) is 2.25. The van der Waals surface area contributed by atoms with E-state index < -0.39 is 0 Å². The van der Waals surface area contributed by atoms with Crippen LogP contribution in [-0.4, -0.2) is 6.54 Å². The maximum absolute atomic E-state index is 5.47. The first-order valence-electron chi connectivity index (χ1n) is 6.03. The normalized spacial score (nSPS) is 10.2. The van der Waals surface area contributed by atoms with Gasteiger partial charge in [-0.3, -0.25) is 0 Å². The van der Waals surface area contributed by atoms with Crippen molar-refractivity contribution < 1.29 is 0 Å². The number of nitrogens with two attached hydrogens (primary N) is 1. The maximum atomic E-state index is 5.47. The molecule has 0 saturated heterocycles. The van der Waals surface area contributed by atoms with E-state index >= 15 is 0 Å². The van der Waals surface area contributed by atoms with Gasteiger partial charge in [-0.2, -0.15) is 0 Å². The summed E-state index contributed by atoms with van der Waals surface area (Å²) in [5.41, 5.74) is 8.39. The maximum Gasteiger partial charge on any atom is -0.00773 e. The summed E-state index contributed by atoms with van der Waals surface area (Å²) in [5, 5.41) is 0. The molecule has 1 aromatic rings. The van der Waals surface area contributed by atoms with E-state index in [1.165, 1.54) is 30.4 Å². The molecule has 0 aliphatic rings. The second-order valence-corrected chi connectivity index (χ2v) is 4.50. The molecular formula is C14H24ClN. The molecule has 0 aliphatic carbocycles. The SMILES string of the molecule is CC(C)c1cccc(CCCCCN)c1.Cl. The Hall–Kier alpha value is -0.530. The highest BCUT2D eigenvalue weighted by Crippen LogP contribution is 2.16. The fraction of sp³-hybridized carbons (Fsp3) is 0.571. The quantitative estimate of drug-likeness (QED) is 0.751. The Labute approximate surface area is 106 Å². The van der Waals surface area contributed by atoms with Gasteiger partial charge in [-0.05, 0) is 42.9 Å². The van der Waals surface area contributed by atoms with Gasteiger partial charge in [-0.1, -0.05) is 44.5 Å². The fourth-order valence-electron chi connectivity index (χ4n) is 1.76. The second kappa shape index (κ2) is 8.60. The van der Waals surface area contributed by atoms with E-state index in [9.17, 15) is 0 Å². The number of benzene rings is 1. The molecule has 1 aromatic carbocycles. The first-order chi connectivity index (χ1) is 7.24. The van der Waals surface area contributed by atoms with Gasteiger partial charge in [0.1, 0.15) is 0 Å². The van der Waals surface area contributed by atoms with E-state index in [1.54, 1.807) is 0 Å². The molecule has 1 nitrogen and oxygen atoms in total. The smallest absolute Gasteiger partial charge is 0.00773 e. The van der Waals surface area contributed by atoms with Crippen molar-refractivity contribution in [1.29, 1.82) is 0 Å². The first-order valence-corrected chi connectivity index (χ1v) is 6.03. The van der Waals surface area contributed by atoms with Gasteiger partial charge in [0.2, 0.25) is 0 Å². The van der Waals surface area contributed by atoms with Crippen molar-refractivity contribution in [2.75, 3.05) is 6.54 Å². The van der Waals surface area contributed by atoms with Crippen molar-refractivity contribution in [3.63, 3.8) is 0 Å². The highest BCUT2D eigenvalue weighted by Gasteiger charge is 1.99. The van der Waals surface area contributed by atoms with E-state index in [0.29, 0.717) is 5.92 Å². The van der Waals surface area contributed by atoms with Gasteiger partial charge in [0.25, 0.3) is 0 Å². The van der Waals surface area contributed by atoms with Crippen LogP contribution in [0.1, 0.15) is 50.2 Å². The lowest BCUT2D eigenvalue weighted by Gasteiger charge is -2.07. The van der Waals surface area contributed by atoms with Crippen LogP contribution < -0.4 is 5.73 Å². The average molecular weight is 242 g/mol. The van der Waals surface area contributed by atoms with Crippen molar-refractivity contribution in [3.8, 4) is 0 Å². The van der Waals surface area contributed by atoms with E-state index in [2.05, 4.69) is 38.1 Å². The Kier molecular flexibility index (Phi) is 8.32. The Balaban J connectivity index is 0.00000225. The zero-order valence-corrected chi connectivity index (χ0v) is 11.2. The van der Waals surface area contributed by atoms with Crippen LogP contribution in [0, 0.1) is 0 Å². The summed E-state index contributed by atoms with van der Waals surface area (Å²) in [6.07, 6.45) is 4.87. The minimum absolute atomic E-state index is 0. The van der Waals surface area contributed by atoms with Gasteiger partial charge in [0.05, 0.1) is 0 Å². The number of aryl methyl sites for hydroxylation is 1. The highest BCUT2D eigenvalue weighted by molar-refractivity contribution is 5.85. The van der Waals surface area contributed by atoms with Crippen molar-refractivity contribution in [2.24, 2.45) is 5.73 Å². The lowest BCUT2D eigenvalue weighted by molar-refractivity contribution is 0.685. The van der Waals surface area contributed by atoms with Crippen LogP contribution in [0.3, 0.4) is 0 Å². The van der Waals surface area contributed by atoms with Crippen molar-refractivity contribution in [3.05, 3.63) is 35.4 Å². The van der Waals surface area contributed by atoms with Crippen LogP contribution in [-0.2, 0) is 6.42 Å². The van der Waals surface area contributed by atoms with Crippen molar-refractivity contribution in [1.82, 2.24) is 0 Å². The summed E-state index contributed by atoms with van der Waals surface area (Å²) in [7, 11) is 0. The zero-order valence-electron chi connectivity index (χ0n) is 10.4. The van der Waals surface area contributed by atoms with E-state index in [4.69, 9.17) is 5.73 Å². The van der Waals surface area contributed by atoms with E-state index in [1.807, 2.05) is 0 Å². The van der Waals surface area contributed by atoms with Gasteiger partial charge in [-0.25, -0.2) is 0 Å². The van der Waals surface area contributed by atoms with Crippen molar-refractivity contribution in [2.45, 2.75) is 45.4 Å². The minimum atomic E-state index is 0. The van der Waals surface area contributed by atoms with Gasteiger partial charge >= 0.3 is 0 Å². The molecule has 0 spiro atoms. The topological polar surface area (TPSA) is 26.0 Å². The summed E-state index contributed by atoms with van der Waals surface area (Å²) in [4.78, 5) is 0. The van der Waals surface area contributed by atoms with Crippen LogP contribution >= 0.6 is 12.4 Å². The Morgan fingerprint density at radius 2 is 1.88 bits per heavy atom. The number of halogens is 1. The molecule has 0 amide bonds. The van der Waals surface area contributed by atoms with Gasteiger partial charge in [0, 0.05) is 0 Å². The molecule has 2 N–H and O–H groups in total. The standard InChI is InChI=1S/C14H23N.ClH/c1-12(2)14-9-6-8-13(11-14)7-4-3-5-10-15;/h6,8-9,11-12H,3-5,7,10,15H2,1-2H3;1H. The van der Waals surface area contributed by atoms with E-state index in [-0.39, 0.29) is 12.4 Å². The fourth-order valence-corrected chi connectivity index (χ4v) is 1.76. The van der Waals surface area contributed by atoms with Crippen LogP contribution in [0.25, 0.3) is 0 Å². The van der Waals surface area contributed by atoms with Gasteiger partial charge < -0.3 is 5.73 Å². The highest BCUT2D eigenvalue weighted by atomic mass is 35.5. The molecule has 0 bridgehead atoms. The molecule has 0 aliphatic heterocycles. The van der Waals surface area contributed by atoms with Crippen LogP contribution in [0.5, 0.6) is 0 Å². The van der Waals surface area contributed by atoms with Gasteiger partial charge in [-0.15, -0.1) is 12.4 Å². The third-order valence-electron chi connectivity index (χ3n) is 2.79. The molecule has 0 atom stereocenters. The molecule has 0 aromatic heterocycles. The number of rotatable bonds is 6. The Morgan fingerprint density at radius 1 is 1.12 bits per heavy atom. The Bertz CT molecular complexity index is 284. The predicted molar refractivity (Wildman–Crippen MR) is 74.4 cm³/mol.